The molecule has 2 aliphatic carbocycles. The normalized spacial score (nSPS) is 27.2. The van der Waals surface area contributed by atoms with Gasteiger partial charge in [0.1, 0.15) is 5.82 Å². The molecule has 0 radical (unpaired) electrons. The van der Waals surface area contributed by atoms with Crippen LogP contribution in [0.5, 0.6) is 0 Å². The highest BCUT2D eigenvalue weighted by Crippen LogP contribution is 2.37. The second-order valence-electron chi connectivity index (χ2n) is 6.05. The van der Waals surface area contributed by atoms with Crippen LogP contribution >= 0.6 is 0 Å². The van der Waals surface area contributed by atoms with Crippen molar-refractivity contribution in [1.82, 2.24) is 20.5 Å². The number of nitrogens with zero attached hydrogens (tertiary/aromatic N) is 2. The van der Waals surface area contributed by atoms with Crippen molar-refractivity contribution < 1.29 is 4.79 Å². The number of amides is 1. The Bertz CT molecular complexity index is 452. The van der Waals surface area contributed by atoms with Crippen LogP contribution in [0.3, 0.4) is 0 Å². The standard InChI is InChI=1S/C14H22N4O/c1-9-4-2-3-5-11(9)8-15-14(19)13-16-12(17-18-13)10-6-7-10/h9-11H,2-8H2,1H3,(H,15,19)(H,16,17,18). The Balaban J connectivity index is 1.52. The van der Waals surface area contributed by atoms with Crippen molar-refractivity contribution in [2.45, 2.75) is 51.4 Å². The topological polar surface area (TPSA) is 70.7 Å². The molecule has 104 valence electrons. The predicted molar refractivity (Wildman–Crippen MR) is 71.8 cm³/mol. The van der Waals surface area contributed by atoms with Gasteiger partial charge in [0.25, 0.3) is 5.91 Å². The molecule has 5 nitrogen and oxygen atoms in total. The molecule has 3 rings (SSSR count). The first-order chi connectivity index (χ1) is 9.24. The Morgan fingerprint density at radius 3 is 2.84 bits per heavy atom. The molecule has 0 saturated heterocycles. The largest absolute Gasteiger partial charge is 0.349 e. The number of rotatable bonds is 4. The summed E-state index contributed by atoms with van der Waals surface area (Å²) in [6.07, 6.45) is 7.45. The van der Waals surface area contributed by atoms with Crippen molar-refractivity contribution in [2.75, 3.05) is 6.54 Å². The molecule has 0 aliphatic heterocycles. The first-order valence-corrected chi connectivity index (χ1v) is 7.44. The van der Waals surface area contributed by atoms with Gasteiger partial charge >= 0.3 is 0 Å². The Kier molecular flexibility index (Phi) is 3.53. The van der Waals surface area contributed by atoms with Gasteiger partial charge in [-0.25, -0.2) is 4.98 Å². The van der Waals surface area contributed by atoms with Crippen LogP contribution in [0.4, 0.5) is 0 Å². The number of H-pyrrole nitrogens is 1. The molecule has 1 heterocycles. The fourth-order valence-corrected chi connectivity index (χ4v) is 2.91. The Hall–Kier alpha value is -1.39. The highest BCUT2D eigenvalue weighted by Gasteiger charge is 2.28. The van der Waals surface area contributed by atoms with Crippen LogP contribution in [0.25, 0.3) is 0 Å². The van der Waals surface area contributed by atoms with Crippen molar-refractivity contribution in [3.8, 4) is 0 Å². The molecule has 1 amide bonds. The van der Waals surface area contributed by atoms with Crippen molar-refractivity contribution in [2.24, 2.45) is 11.8 Å². The molecule has 0 aromatic carbocycles. The third-order valence-corrected chi connectivity index (χ3v) is 4.48. The second kappa shape index (κ2) is 5.31. The third-order valence-electron chi connectivity index (χ3n) is 4.48. The van der Waals surface area contributed by atoms with Gasteiger partial charge in [-0.15, -0.1) is 5.10 Å². The van der Waals surface area contributed by atoms with Gasteiger partial charge in [0.2, 0.25) is 5.82 Å². The zero-order valence-corrected chi connectivity index (χ0v) is 11.5. The average molecular weight is 262 g/mol. The van der Waals surface area contributed by atoms with Crippen molar-refractivity contribution in [3.63, 3.8) is 0 Å². The van der Waals surface area contributed by atoms with Crippen LogP contribution in [0.15, 0.2) is 0 Å². The molecular weight excluding hydrogens is 240 g/mol. The van der Waals surface area contributed by atoms with E-state index in [1.807, 2.05) is 0 Å². The lowest BCUT2D eigenvalue weighted by Gasteiger charge is -2.28. The predicted octanol–water partition coefficient (Wildman–Crippen LogP) is 2.24. The first kappa shape index (κ1) is 12.6. The molecule has 2 aliphatic rings. The van der Waals surface area contributed by atoms with Crippen LogP contribution in [0.1, 0.15) is 67.8 Å². The van der Waals surface area contributed by atoms with Crippen LogP contribution < -0.4 is 5.32 Å². The third kappa shape index (κ3) is 2.96. The maximum atomic E-state index is 12.0. The van der Waals surface area contributed by atoms with Crippen molar-refractivity contribution in [3.05, 3.63) is 11.6 Å². The molecule has 1 aromatic heterocycles. The van der Waals surface area contributed by atoms with Gasteiger partial charge in [-0.3, -0.25) is 9.89 Å². The quantitative estimate of drug-likeness (QED) is 0.874. The summed E-state index contributed by atoms with van der Waals surface area (Å²) in [5.41, 5.74) is 0. The van der Waals surface area contributed by atoms with E-state index in [1.165, 1.54) is 25.7 Å². The summed E-state index contributed by atoms with van der Waals surface area (Å²) < 4.78 is 0. The van der Waals surface area contributed by atoms with E-state index in [1.54, 1.807) is 0 Å². The molecular formula is C14H22N4O. The number of hydrogen-bond donors (Lipinski definition) is 2. The summed E-state index contributed by atoms with van der Waals surface area (Å²) >= 11 is 0. The van der Waals surface area contributed by atoms with Gasteiger partial charge in [-0.1, -0.05) is 26.2 Å². The summed E-state index contributed by atoms with van der Waals surface area (Å²) in [5, 5.41) is 9.87. The summed E-state index contributed by atoms with van der Waals surface area (Å²) in [6, 6.07) is 0. The maximum Gasteiger partial charge on any atom is 0.290 e. The maximum absolute atomic E-state index is 12.0. The van der Waals surface area contributed by atoms with E-state index in [4.69, 9.17) is 0 Å². The highest BCUT2D eigenvalue weighted by molar-refractivity contribution is 5.90. The van der Waals surface area contributed by atoms with Gasteiger partial charge in [-0.05, 0) is 31.1 Å². The van der Waals surface area contributed by atoms with Gasteiger partial charge in [0.15, 0.2) is 0 Å². The number of carbonyl (C=O) groups excluding carboxylic acids is 1. The fourth-order valence-electron chi connectivity index (χ4n) is 2.91. The lowest BCUT2D eigenvalue weighted by molar-refractivity contribution is 0.0926. The minimum atomic E-state index is -0.138. The molecule has 2 N–H and O–H groups in total. The Morgan fingerprint density at radius 1 is 1.32 bits per heavy atom. The van der Waals surface area contributed by atoms with E-state index >= 15 is 0 Å². The number of carbonyl (C=O) groups is 1. The summed E-state index contributed by atoms with van der Waals surface area (Å²) in [7, 11) is 0. The van der Waals surface area contributed by atoms with E-state index in [9.17, 15) is 4.79 Å². The number of aromatic amines is 1. The van der Waals surface area contributed by atoms with Crippen LogP contribution in [0.2, 0.25) is 0 Å². The molecule has 5 heteroatoms. The summed E-state index contributed by atoms with van der Waals surface area (Å²) in [6.45, 7) is 3.04. The molecule has 2 fully saturated rings. The van der Waals surface area contributed by atoms with Gasteiger partial charge in [0, 0.05) is 12.5 Å². The van der Waals surface area contributed by atoms with E-state index in [2.05, 4.69) is 27.4 Å². The zero-order valence-electron chi connectivity index (χ0n) is 11.5. The molecule has 0 bridgehead atoms. The smallest absolute Gasteiger partial charge is 0.290 e. The fraction of sp³-hybridized carbons (Fsp3) is 0.786. The Morgan fingerprint density at radius 2 is 2.11 bits per heavy atom. The molecule has 2 atom stereocenters. The molecule has 2 unspecified atom stereocenters. The summed E-state index contributed by atoms with van der Waals surface area (Å²) in [5.74, 6) is 2.86. The molecule has 2 saturated carbocycles. The van der Waals surface area contributed by atoms with E-state index in [0.717, 1.165) is 25.2 Å². The van der Waals surface area contributed by atoms with Gasteiger partial charge < -0.3 is 5.32 Å². The van der Waals surface area contributed by atoms with Crippen molar-refractivity contribution >= 4 is 5.91 Å². The molecule has 0 spiro atoms. The van der Waals surface area contributed by atoms with E-state index in [-0.39, 0.29) is 5.91 Å². The van der Waals surface area contributed by atoms with Gasteiger partial charge in [-0.2, -0.15) is 0 Å². The van der Waals surface area contributed by atoms with Crippen LogP contribution in [-0.2, 0) is 0 Å². The molecule has 1 aromatic rings. The van der Waals surface area contributed by atoms with Crippen LogP contribution in [0, 0.1) is 11.8 Å². The zero-order chi connectivity index (χ0) is 13.2. The minimum Gasteiger partial charge on any atom is -0.349 e. The lowest BCUT2D eigenvalue weighted by Crippen LogP contribution is -2.33. The monoisotopic (exact) mass is 262 g/mol. The molecule has 19 heavy (non-hydrogen) atoms. The van der Waals surface area contributed by atoms with Crippen LogP contribution in [-0.4, -0.2) is 27.6 Å². The number of hydrogen-bond acceptors (Lipinski definition) is 3. The van der Waals surface area contributed by atoms with Crippen molar-refractivity contribution in [1.29, 1.82) is 0 Å². The lowest BCUT2D eigenvalue weighted by atomic mass is 9.80. The average Bonchev–Trinajstić information content (AvgIpc) is 3.15. The summed E-state index contributed by atoms with van der Waals surface area (Å²) in [4.78, 5) is 16.3. The van der Waals surface area contributed by atoms with E-state index in [0.29, 0.717) is 23.6 Å². The highest BCUT2D eigenvalue weighted by atomic mass is 16.2. The Labute approximate surface area is 113 Å². The number of nitrogens with one attached hydrogen (secondary N) is 2. The SMILES string of the molecule is CC1CCCCC1CNC(=O)c1n[nH]c(C2CC2)n1. The number of aromatic nitrogens is 3. The minimum absolute atomic E-state index is 0.138. The first-order valence-electron chi connectivity index (χ1n) is 7.44. The van der Waals surface area contributed by atoms with Gasteiger partial charge in [0.05, 0.1) is 0 Å². The van der Waals surface area contributed by atoms with E-state index < -0.39 is 0 Å². The second-order valence-corrected chi connectivity index (χ2v) is 6.05.